The summed E-state index contributed by atoms with van der Waals surface area (Å²) in [6, 6.07) is 13.0. The lowest BCUT2D eigenvalue weighted by Crippen LogP contribution is -2.12. The van der Waals surface area contributed by atoms with Crippen molar-refractivity contribution in [1.82, 2.24) is 19.4 Å². The second-order valence-electron chi connectivity index (χ2n) is 6.73. The molecule has 0 aliphatic rings. The highest BCUT2D eigenvalue weighted by molar-refractivity contribution is 6.07. The summed E-state index contributed by atoms with van der Waals surface area (Å²) in [5.41, 5.74) is 16.4. The molecule has 2 aromatic carbocycles. The molecular formula is C22H21N7O. The molecule has 6 N–H and O–H groups in total. The van der Waals surface area contributed by atoms with Crippen molar-refractivity contribution in [3.63, 3.8) is 0 Å². The van der Waals surface area contributed by atoms with Gasteiger partial charge in [-0.2, -0.15) is 0 Å². The molecule has 2 aromatic heterocycles. The maximum atomic E-state index is 11.4. The number of amides is 1. The Morgan fingerprint density at radius 2 is 2.03 bits per heavy atom. The van der Waals surface area contributed by atoms with Crippen LogP contribution in [-0.2, 0) is 0 Å². The monoisotopic (exact) mass is 399 g/mol. The predicted octanol–water partition coefficient (Wildman–Crippen LogP) is 2.71. The topological polar surface area (TPSA) is 128 Å². The Labute approximate surface area is 172 Å². The Bertz CT molecular complexity index is 1300. The summed E-state index contributed by atoms with van der Waals surface area (Å²) in [7, 11) is 1.78. The number of rotatable bonds is 6. The summed E-state index contributed by atoms with van der Waals surface area (Å²) in [6.45, 7) is 0. The summed E-state index contributed by atoms with van der Waals surface area (Å²) >= 11 is 0. The zero-order valence-corrected chi connectivity index (χ0v) is 16.3. The number of carbonyl (C=O) groups is 1. The average molecular weight is 399 g/mol. The number of hydrogen-bond acceptors (Lipinski definition) is 5. The molecule has 8 nitrogen and oxygen atoms in total. The van der Waals surface area contributed by atoms with Crippen LogP contribution >= 0.6 is 0 Å². The Morgan fingerprint density at radius 1 is 1.20 bits per heavy atom. The number of benzene rings is 2. The van der Waals surface area contributed by atoms with Crippen LogP contribution in [0.4, 0.5) is 5.69 Å². The van der Waals surface area contributed by atoms with Crippen molar-refractivity contribution in [2.75, 3.05) is 12.8 Å². The van der Waals surface area contributed by atoms with Crippen molar-refractivity contribution in [1.29, 1.82) is 5.41 Å². The van der Waals surface area contributed by atoms with E-state index in [0.717, 1.165) is 22.3 Å². The van der Waals surface area contributed by atoms with E-state index in [0.29, 0.717) is 22.5 Å². The van der Waals surface area contributed by atoms with Crippen LogP contribution in [0.2, 0.25) is 0 Å². The maximum absolute atomic E-state index is 11.4. The molecular weight excluding hydrogens is 378 g/mol. The standard InChI is InChI=1S/C22H21N7O/c1-26-11-15(10-23)18-12-28(13-27-18)19-3-2-4-20-16(19)7-8-29(20)21-6-5-14(22(25)30)9-17(21)24/h2-13,23,26H,24H2,1H3,(H2,25,30)/b15-11+,23-10?. The number of imidazole rings is 1. The zero-order chi connectivity index (χ0) is 21.3. The first-order valence-electron chi connectivity index (χ1n) is 9.26. The summed E-state index contributed by atoms with van der Waals surface area (Å²) < 4.78 is 3.90. The first-order chi connectivity index (χ1) is 14.5. The van der Waals surface area contributed by atoms with Gasteiger partial charge in [0.25, 0.3) is 0 Å². The van der Waals surface area contributed by atoms with E-state index >= 15 is 0 Å². The smallest absolute Gasteiger partial charge is 0.248 e. The van der Waals surface area contributed by atoms with Gasteiger partial charge in [-0.1, -0.05) is 6.07 Å². The van der Waals surface area contributed by atoms with Gasteiger partial charge in [0.05, 0.1) is 34.6 Å². The van der Waals surface area contributed by atoms with Crippen molar-refractivity contribution in [2.24, 2.45) is 5.73 Å². The number of primary amides is 1. The number of hydrogen-bond donors (Lipinski definition) is 4. The first kappa shape index (κ1) is 19.0. The molecule has 0 fully saturated rings. The van der Waals surface area contributed by atoms with E-state index in [2.05, 4.69) is 10.3 Å². The minimum atomic E-state index is -0.513. The van der Waals surface area contributed by atoms with Crippen molar-refractivity contribution in [3.8, 4) is 11.4 Å². The van der Waals surface area contributed by atoms with Crippen molar-refractivity contribution >= 4 is 34.3 Å². The number of nitrogen functional groups attached to an aromatic ring is 1. The van der Waals surface area contributed by atoms with Crippen molar-refractivity contribution in [2.45, 2.75) is 0 Å². The van der Waals surface area contributed by atoms with Crippen LogP contribution < -0.4 is 16.8 Å². The van der Waals surface area contributed by atoms with Crippen LogP contribution in [-0.4, -0.2) is 33.3 Å². The molecule has 0 unspecified atom stereocenters. The highest BCUT2D eigenvalue weighted by atomic mass is 16.1. The van der Waals surface area contributed by atoms with E-state index in [9.17, 15) is 4.79 Å². The SMILES string of the molecule is CN/C=C(\C=N)c1cn(-c2cccc3c2ccn3-c2ccc(C(N)=O)cc2N)cn1. The van der Waals surface area contributed by atoms with E-state index in [4.69, 9.17) is 16.9 Å². The van der Waals surface area contributed by atoms with Crippen LogP contribution in [0.3, 0.4) is 0 Å². The molecule has 0 saturated carbocycles. The van der Waals surface area contributed by atoms with Gasteiger partial charge in [-0.25, -0.2) is 4.98 Å². The van der Waals surface area contributed by atoms with E-state index in [1.165, 1.54) is 6.21 Å². The normalized spacial score (nSPS) is 11.6. The molecule has 0 radical (unpaired) electrons. The minimum Gasteiger partial charge on any atom is -0.397 e. The molecule has 4 aromatic rings. The summed E-state index contributed by atoms with van der Waals surface area (Å²) in [5.74, 6) is -0.513. The third-order valence-electron chi connectivity index (χ3n) is 4.89. The quantitative estimate of drug-likeness (QED) is 0.293. The van der Waals surface area contributed by atoms with Crippen LogP contribution in [0.5, 0.6) is 0 Å². The van der Waals surface area contributed by atoms with Crippen LogP contribution in [0.1, 0.15) is 16.1 Å². The number of carbonyl (C=O) groups excluding carboxylic acids is 1. The molecule has 0 aliphatic carbocycles. The molecule has 0 atom stereocenters. The van der Waals surface area contributed by atoms with E-state index in [1.807, 2.05) is 45.8 Å². The molecule has 1 amide bonds. The lowest BCUT2D eigenvalue weighted by atomic mass is 10.1. The predicted molar refractivity (Wildman–Crippen MR) is 119 cm³/mol. The molecule has 0 aliphatic heterocycles. The fraction of sp³-hybridized carbons (Fsp3) is 0.0455. The number of anilines is 1. The average Bonchev–Trinajstić information content (AvgIpc) is 3.39. The first-order valence-corrected chi connectivity index (χ1v) is 9.26. The van der Waals surface area contributed by atoms with Gasteiger partial charge in [-0.15, -0.1) is 0 Å². The minimum absolute atomic E-state index is 0.371. The summed E-state index contributed by atoms with van der Waals surface area (Å²) in [6.07, 6.45) is 8.54. The van der Waals surface area contributed by atoms with Gasteiger partial charge < -0.3 is 31.3 Å². The number of fused-ring (bicyclic) bond motifs is 1. The highest BCUT2D eigenvalue weighted by Crippen LogP contribution is 2.29. The molecule has 0 saturated heterocycles. The van der Waals surface area contributed by atoms with E-state index in [-0.39, 0.29) is 0 Å². The molecule has 4 rings (SSSR count). The van der Waals surface area contributed by atoms with Gasteiger partial charge in [-0.3, -0.25) is 4.79 Å². The Kier molecular flexibility index (Phi) is 4.81. The number of nitrogens with zero attached hydrogens (tertiary/aromatic N) is 3. The molecule has 30 heavy (non-hydrogen) atoms. The Balaban J connectivity index is 1.80. The molecule has 2 heterocycles. The Hall–Kier alpha value is -4.33. The number of aromatic nitrogens is 3. The summed E-state index contributed by atoms with van der Waals surface area (Å²) in [4.78, 5) is 15.8. The van der Waals surface area contributed by atoms with E-state index < -0.39 is 5.91 Å². The van der Waals surface area contributed by atoms with Crippen LogP contribution in [0.15, 0.2) is 67.4 Å². The largest absolute Gasteiger partial charge is 0.397 e. The maximum Gasteiger partial charge on any atom is 0.248 e. The second kappa shape index (κ2) is 7.59. The van der Waals surface area contributed by atoms with Crippen LogP contribution in [0.25, 0.3) is 27.9 Å². The number of nitrogens with two attached hydrogens (primary N) is 2. The number of allylic oxidation sites excluding steroid dienone is 1. The fourth-order valence-electron chi connectivity index (χ4n) is 3.46. The van der Waals surface area contributed by atoms with Gasteiger partial charge in [0, 0.05) is 48.4 Å². The fourth-order valence-corrected chi connectivity index (χ4v) is 3.46. The van der Waals surface area contributed by atoms with Crippen LogP contribution in [0, 0.1) is 5.41 Å². The lowest BCUT2D eigenvalue weighted by molar-refractivity contribution is 0.100. The highest BCUT2D eigenvalue weighted by Gasteiger charge is 2.13. The number of nitrogens with one attached hydrogen (secondary N) is 2. The Morgan fingerprint density at radius 3 is 2.73 bits per heavy atom. The van der Waals surface area contributed by atoms with Gasteiger partial charge >= 0.3 is 0 Å². The van der Waals surface area contributed by atoms with Gasteiger partial charge in [-0.05, 0) is 36.4 Å². The van der Waals surface area contributed by atoms with Gasteiger partial charge in [0.15, 0.2) is 0 Å². The van der Waals surface area contributed by atoms with Crippen molar-refractivity contribution < 1.29 is 4.79 Å². The van der Waals surface area contributed by atoms with Gasteiger partial charge in [0.2, 0.25) is 5.91 Å². The molecule has 150 valence electrons. The lowest BCUT2D eigenvalue weighted by Gasteiger charge is -2.11. The molecule has 0 bridgehead atoms. The van der Waals surface area contributed by atoms with Gasteiger partial charge in [0.1, 0.15) is 0 Å². The molecule has 8 heteroatoms. The third kappa shape index (κ3) is 3.20. The van der Waals surface area contributed by atoms with E-state index in [1.54, 1.807) is 37.8 Å². The zero-order valence-electron chi connectivity index (χ0n) is 16.3. The third-order valence-corrected chi connectivity index (χ3v) is 4.89. The summed E-state index contributed by atoms with van der Waals surface area (Å²) in [5, 5.41) is 11.5. The van der Waals surface area contributed by atoms with Crippen molar-refractivity contribution in [3.05, 3.63) is 78.6 Å². The molecule has 0 spiro atoms. The second-order valence-corrected chi connectivity index (χ2v) is 6.73.